The van der Waals surface area contributed by atoms with Gasteiger partial charge in [0, 0.05) is 12.6 Å². The molecule has 0 saturated carbocycles. The Morgan fingerprint density at radius 1 is 1.38 bits per heavy atom. The number of sulfonamides is 1. The Morgan fingerprint density at radius 2 is 1.95 bits per heavy atom. The first-order chi connectivity index (χ1) is 9.54. The van der Waals surface area contributed by atoms with Gasteiger partial charge in [0.25, 0.3) is 0 Å². The Morgan fingerprint density at radius 3 is 2.43 bits per heavy atom. The molecule has 5 nitrogen and oxygen atoms in total. The number of benzene rings is 1. The molecule has 0 amide bonds. The van der Waals surface area contributed by atoms with Crippen LogP contribution in [0.25, 0.3) is 0 Å². The topological polar surface area (TPSA) is 75.4 Å². The van der Waals surface area contributed by atoms with E-state index in [-0.39, 0.29) is 27.6 Å². The van der Waals surface area contributed by atoms with Gasteiger partial charge in [-0.15, -0.1) is 0 Å². The molecule has 1 rings (SSSR count). The molecule has 0 heterocycles. The SMILES string of the molecule is CC(C)C(CN(C)C)NS(=O)(=O)c1cc(N)c(F)cc1Cl. The summed E-state index contributed by atoms with van der Waals surface area (Å²) in [4.78, 5) is 1.67. The molecule has 0 spiro atoms. The summed E-state index contributed by atoms with van der Waals surface area (Å²) in [6.07, 6.45) is 0. The van der Waals surface area contributed by atoms with Crippen LogP contribution in [0.5, 0.6) is 0 Å². The van der Waals surface area contributed by atoms with Gasteiger partial charge in [-0.25, -0.2) is 17.5 Å². The van der Waals surface area contributed by atoms with Crippen molar-refractivity contribution in [2.45, 2.75) is 24.8 Å². The summed E-state index contributed by atoms with van der Waals surface area (Å²) in [6, 6.07) is 1.64. The normalized spacial score (nSPS) is 13.9. The van der Waals surface area contributed by atoms with Crippen LogP contribution >= 0.6 is 11.6 Å². The molecular formula is C13H21ClFN3O2S. The predicted molar refractivity (Wildman–Crippen MR) is 83.3 cm³/mol. The van der Waals surface area contributed by atoms with Crippen molar-refractivity contribution in [2.75, 3.05) is 26.4 Å². The minimum absolute atomic E-state index is 0.0822. The van der Waals surface area contributed by atoms with E-state index in [2.05, 4.69) is 4.72 Å². The van der Waals surface area contributed by atoms with Gasteiger partial charge in [0.15, 0.2) is 0 Å². The van der Waals surface area contributed by atoms with Gasteiger partial charge in [0.1, 0.15) is 10.7 Å². The number of hydrogen-bond acceptors (Lipinski definition) is 4. The van der Waals surface area contributed by atoms with E-state index in [1.54, 1.807) is 0 Å². The lowest BCUT2D eigenvalue weighted by Gasteiger charge is -2.25. The Balaban J connectivity index is 3.13. The highest BCUT2D eigenvalue weighted by atomic mass is 35.5. The number of halogens is 2. The standard InChI is InChI=1S/C13H21ClFN3O2S/c1-8(2)12(7-18(3)4)17-21(19,20)13-6-11(16)10(15)5-9(13)14/h5-6,8,12,17H,7,16H2,1-4H3. The molecule has 0 radical (unpaired) electrons. The molecule has 1 aromatic rings. The summed E-state index contributed by atoms with van der Waals surface area (Å²) in [5, 5.41) is -0.193. The molecule has 0 saturated heterocycles. The smallest absolute Gasteiger partial charge is 0.242 e. The molecule has 1 aromatic carbocycles. The van der Waals surface area contributed by atoms with Crippen LogP contribution in [0, 0.1) is 11.7 Å². The zero-order valence-corrected chi connectivity index (χ0v) is 14.1. The molecule has 21 heavy (non-hydrogen) atoms. The molecule has 8 heteroatoms. The lowest BCUT2D eigenvalue weighted by atomic mass is 10.1. The monoisotopic (exact) mass is 337 g/mol. The van der Waals surface area contributed by atoms with E-state index in [4.69, 9.17) is 17.3 Å². The highest BCUT2D eigenvalue weighted by Crippen LogP contribution is 2.26. The fourth-order valence-electron chi connectivity index (χ4n) is 1.79. The van der Waals surface area contributed by atoms with Gasteiger partial charge in [0.2, 0.25) is 10.0 Å². The average molecular weight is 338 g/mol. The van der Waals surface area contributed by atoms with Crippen LogP contribution in [-0.2, 0) is 10.0 Å². The molecule has 0 aliphatic rings. The number of nitrogens with two attached hydrogens (primary N) is 1. The quantitative estimate of drug-likeness (QED) is 0.778. The fourth-order valence-corrected chi connectivity index (χ4v) is 3.72. The zero-order valence-electron chi connectivity index (χ0n) is 12.5. The number of likely N-dealkylation sites (N-methyl/N-ethyl adjacent to an activating group) is 1. The molecule has 1 unspecified atom stereocenters. The highest BCUT2D eigenvalue weighted by Gasteiger charge is 2.25. The first-order valence-corrected chi connectivity index (χ1v) is 8.32. The Labute approximate surface area is 130 Å². The first kappa shape index (κ1) is 18.2. The second-order valence-electron chi connectivity index (χ2n) is 5.54. The average Bonchev–Trinajstić information content (AvgIpc) is 2.31. The number of nitrogens with one attached hydrogen (secondary N) is 1. The summed E-state index contributed by atoms with van der Waals surface area (Å²) < 4.78 is 40.7. The second kappa shape index (κ2) is 6.91. The third-order valence-corrected chi connectivity index (χ3v) is 4.97. The zero-order chi connectivity index (χ0) is 16.4. The maximum absolute atomic E-state index is 13.3. The minimum Gasteiger partial charge on any atom is -0.396 e. The van der Waals surface area contributed by atoms with Gasteiger partial charge in [-0.1, -0.05) is 25.4 Å². The van der Waals surface area contributed by atoms with Crippen molar-refractivity contribution in [3.63, 3.8) is 0 Å². The van der Waals surface area contributed by atoms with Crippen molar-refractivity contribution in [1.29, 1.82) is 0 Å². The number of nitrogen functional groups attached to an aromatic ring is 1. The third kappa shape index (κ3) is 4.81. The minimum atomic E-state index is -3.88. The molecule has 120 valence electrons. The van der Waals surface area contributed by atoms with Gasteiger partial charge < -0.3 is 10.6 Å². The molecule has 1 atom stereocenters. The summed E-state index contributed by atoms with van der Waals surface area (Å²) >= 11 is 5.83. The van der Waals surface area contributed by atoms with Gasteiger partial charge in [-0.3, -0.25) is 0 Å². The van der Waals surface area contributed by atoms with Crippen molar-refractivity contribution in [3.8, 4) is 0 Å². The van der Waals surface area contributed by atoms with Crippen LogP contribution in [0.1, 0.15) is 13.8 Å². The lowest BCUT2D eigenvalue weighted by Crippen LogP contribution is -2.44. The van der Waals surface area contributed by atoms with E-state index >= 15 is 0 Å². The summed E-state index contributed by atoms with van der Waals surface area (Å²) in [6.45, 7) is 4.36. The van der Waals surface area contributed by atoms with Crippen molar-refractivity contribution in [3.05, 3.63) is 23.0 Å². The van der Waals surface area contributed by atoms with Crippen LogP contribution in [0.3, 0.4) is 0 Å². The van der Waals surface area contributed by atoms with Crippen LogP contribution in [0.2, 0.25) is 5.02 Å². The van der Waals surface area contributed by atoms with Gasteiger partial charge >= 0.3 is 0 Å². The number of nitrogens with zero attached hydrogens (tertiary/aromatic N) is 1. The van der Waals surface area contributed by atoms with Crippen molar-refractivity contribution in [2.24, 2.45) is 5.92 Å². The molecule has 0 fully saturated rings. The molecule has 0 aromatic heterocycles. The molecular weight excluding hydrogens is 317 g/mol. The number of hydrogen-bond donors (Lipinski definition) is 2. The third-order valence-electron chi connectivity index (χ3n) is 3.01. The largest absolute Gasteiger partial charge is 0.396 e. The summed E-state index contributed by atoms with van der Waals surface area (Å²) in [7, 11) is -0.168. The fraction of sp³-hybridized carbons (Fsp3) is 0.538. The first-order valence-electron chi connectivity index (χ1n) is 6.46. The molecule has 3 N–H and O–H groups in total. The maximum atomic E-state index is 13.3. The van der Waals surface area contributed by atoms with Crippen molar-refractivity contribution >= 4 is 27.3 Å². The predicted octanol–water partition coefficient (Wildman–Crippen LogP) is 1.93. The Hall–Kier alpha value is -0.890. The van der Waals surface area contributed by atoms with E-state index in [1.165, 1.54) is 0 Å². The summed E-state index contributed by atoms with van der Waals surface area (Å²) in [5.41, 5.74) is 5.17. The summed E-state index contributed by atoms with van der Waals surface area (Å²) in [5.74, 6) is -0.661. The van der Waals surface area contributed by atoms with E-state index < -0.39 is 15.8 Å². The van der Waals surface area contributed by atoms with E-state index in [9.17, 15) is 12.8 Å². The van der Waals surface area contributed by atoms with Crippen molar-refractivity contribution < 1.29 is 12.8 Å². The number of rotatable bonds is 6. The van der Waals surface area contributed by atoms with Gasteiger partial charge in [-0.2, -0.15) is 0 Å². The highest BCUT2D eigenvalue weighted by molar-refractivity contribution is 7.89. The van der Waals surface area contributed by atoms with Gasteiger partial charge in [0.05, 0.1) is 10.7 Å². The molecule has 0 bridgehead atoms. The van der Waals surface area contributed by atoms with Crippen LogP contribution in [0.4, 0.5) is 10.1 Å². The maximum Gasteiger partial charge on any atom is 0.242 e. The van der Waals surface area contributed by atoms with Crippen LogP contribution < -0.4 is 10.5 Å². The van der Waals surface area contributed by atoms with E-state index in [1.807, 2.05) is 32.8 Å². The Bertz CT molecular complexity index is 606. The number of anilines is 1. The van der Waals surface area contributed by atoms with E-state index in [0.29, 0.717) is 6.54 Å². The molecule has 0 aliphatic heterocycles. The van der Waals surface area contributed by atoms with Gasteiger partial charge in [-0.05, 0) is 32.1 Å². The molecule has 0 aliphatic carbocycles. The van der Waals surface area contributed by atoms with E-state index in [0.717, 1.165) is 12.1 Å². The second-order valence-corrected chi connectivity index (χ2v) is 7.63. The Kier molecular flexibility index (Phi) is 5.98. The van der Waals surface area contributed by atoms with Crippen LogP contribution in [0.15, 0.2) is 17.0 Å². The lowest BCUT2D eigenvalue weighted by molar-refractivity contribution is 0.314. The van der Waals surface area contributed by atoms with Crippen LogP contribution in [-0.4, -0.2) is 40.0 Å². The van der Waals surface area contributed by atoms with Crippen molar-refractivity contribution in [1.82, 2.24) is 9.62 Å².